The van der Waals surface area contributed by atoms with E-state index in [2.05, 4.69) is 11.1 Å². The van der Waals surface area contributed by atoms with Crippen LogP contribution in [0.3, 0.4) is 0 Å². The fourth-order valence-corrected chi connectivity index (χ4v) is 1.00. The van der Waals surface area contributed by atoms with Gasteiger partial charge in [-0.2, -0.15) is 8.42 Å². The van der Waals surface area contributed by atoms with E-state index in [0.29, 0.717) is 0 Å². The second kappa shape index (κ2) is 6.06. The summed E-state index contributed by atoms with van der Waals surface area (Å²) >= 11 is 0. The Morgan fingerprint density at radius 1 is 1.33 bits per heavy atom. The lowest BCUT2D eigenvalue weighted by atomic mass is 10.2. The highest BCUT2D eigenvalue weighted by atomic mass is 32.2. The third-order valence-electron chi connectivity index (χ3n) is 1.30. The molecule has 0 radical (unpaired) electrons. The van der Waals surface area contributed by atoms with Crippen LogP contribution in [0.15, 0.2) is 12.3 Å². The molecule has 0 fully saturated rings. The predicted octanol–water partition coefficient (Wildman–Crippen LogP) is 2.06. The molecule has 0 aromatic heterocycles. The average Bonchev–Trinajstić information content (AvgIpc) is 1.94. The smallest absolute Gasteiger partial charge is 0.305 e. The van der Waals surface area contributed by atoms with Gasteiger partial charge in [0, 0.05) is 0 Å². The SMILES string of the molecule is CCCCCC=COS(C)(=O)=O. The van der Waals surface area contributed by atoms with Crippen LogP contribution in [0.4, 0.5) is 0 Å². The molecule has 0 amide bonds. The van der Waals surface area contributed by atoms with Crippen LogP contribution in [-0.4, -0.2) is 14.7 Å². The molecule has 72 valence electrons. The third kappa shape index (κ3) is 9.49. The summed E-state index contributed by atoms with van der Waals surface area (Å²) in [6.07, 6.45) is 8.30. The zero-order valence-corrected chi connectivity index (χ0v) is 8.43. The Morgan fingerprint density at radius 3 is 2.50 bits per heavy atom. The molecule has 0 aromatic rings. The highest BCUT2D eigenvalue weighted by Gasteiger charge is 1.94. The molecule has 0 saturated carbocycles. The highest BCUT2D eigenvalue weighted by Crippen LogP contribution is 2.00. The highest BCUT2D eigenvalue weighted by molar-refractivity contribution is 7.86. The van der Waals surface area contributed by atoms with E-state index in [0.717, 1.165) is 19.1 Å². The summed E-state index contributed by atoms with van der Waals surface area (Å²) in [5, 5.41) is 0. The minimum Gasteiger partial charge on any atom is -0.391 e. The number of allylic oxidation sites excluding steroid dienone is 1. The van der Waals surface area contributed by atoms with Crippen LogP contribution in [0.5, 0.6) is 0 Å². The number of unbranched alkanes of at least 4 members (excludes halogenated alkanes) is 3. The first kappa shape index (κ1) is 11.5. The van der Waals surface area contributed by atoms with E-state index in [1.807, 2.05) is 0 Å². The van der Waals surface area contributed by atoms with Crippen molar-refractivity contribution in [2.75, 3.05) is 6.26 Å². The van der Waals surface area contributed by atoms with Gasteiger partial charge in [0.25, 0.3) is 0 Å². The van der Waals surface area contributed by atoms with Gasteiger partial charge in [0.1, 0.15) is 6.26 Å². The maximum atomic E-state index is 10.4. The molecule has 0 rings (SSSR count). The van der Waals surface area contributed by atoms with Crippen molar-refractivity contribution in [1.82, 2.24) is 0 Å². The fraction of sp³-hybridized carbons (Fsp3) is 0.750. The summed E-state index contributed by atoms with van der Waals surface area (Å²) in [4.78, 5) is 0. The van der Waals surface area contributed by atoms with Crippen LogP contribution in [0, 0.1) is 0 Å². The molecule has 4 heteroatoms. The van der Waals surface area contributed by atoms with Crippen molar-refractivity contribution in [3.63, 3.8) is 0 Å². The molecule has 0 N–H and O–H groups in total. The molecule has 0 aliphatic carbocycles. The molecule has 0 aromatic carbocycles. The molecule has 3 nitrogen and oxygen atoms in total. The van der Waals surface area contributed by atoms with Gasteiger partial charge in [-0.1, -0.05) is 19.8 Å². The van der Waals surface area contributed by atoms with E-state index >= 15 is 0 Å². The van der Waals surface area contributed by atoms with Gasteiger partial charge in [0.05, 0.1) is 6.26 Å². The molecule has 0 aliphatic heterocycles. The summed E-state index contributed by atoms with van der Waals surface area (Å²) < 4.78 is 25.3. The Morgan fingerprint density at radius 2 is 2.00 bits per heavy atom. The van der Waals surface area contributed by atoms with E-state index in [4.69, 9.17) is 0 Å². The fourth-order valence-electron chi connectivity index (χ4n) is 0.720. The van der Waals surface area contributed by atoms with E-state index in [1.54, 1.807) is 6.08 Å². The molecular formula is C8H16O3S. The summed E-state index contributed by atoms with van der Waals surface area (Å²) in [6.45, 7) is 2.12. The quantitative estimate of drug-likeness (QED) is 0.367. The molecule has 0 saturated heterocycles. The predicted molar refractivity (Wildman–Crippen MR) is 49.2 cm³/mol. The molecule has 0 atom stereocenters. The molecule has 0 unspecified atom stereocenters. The number of rotatable bonds is 6. The number of hydrogen-bond acceptors (Lipinski definition) is 3. The van der Waals surface area contributed by atoms with E-state index in [-0.39, 0.29) is 0 Å². The molecule has 0 aliphatic rings. The monoisotopic (exact) mass is 192 g/mol. The van der Waals surface area contributed by atoms with Gasteiger partial charge in [0.15, 0.2) is 0 Å². The summed E-state index contributed by atoms with van der Waals surface area (Å²) in [5.74, 6) is 0. The Kier molecular flexibility index (Phi) is 5.80. The van der Waals surface area contributed by atoms with Crippen molar-refractivity contribution >= 4 is 10.1 Å². The average molecular weight is 192 g/mol. The maximum Gasteiger partial charge on any atom is 0.305 e. The van der Waals surface area contributed by atoms with Crippen molar-refractivity contribution in [1.29, 1.82) is 0 Å². The van der Waals surface area contributed by atoms with Gasteiger partial charge in [-0.25, -0.2) is 0 Å². The van der Waals surface area contributed by atoms with Crippen LogP contribution < -0.4 is 0 Å². The Labute approximate surface area is 74.6 Å². The largest absolute Gasteiger partial charge is 0.391 e. The van der Waals surface area contributed by atoms with E-state index < -0.39 is 10.1 Å². The van der Waals surface area contributed by atoms with Crippen LogP contribution in [0.2, 0.25) is 0 Å². The Bertz CT molecular complexity index is 216. The van der Waals surface area contributed by atoms with Gasteiger partial charge in [0.2, 0.25) is 0 Å². The van der Waals surface area contributed by atoms with Crippen molar-refractivity contribution < 1.29 is 12.6 Å². The standard InChI is InChI=1S/C8H16O3S/c1-3-4-5-6-7-8-11-12(2,9)10/h7-8H,3-6H2,1-2H3. The summed E-state index contributed by atoms with van der Waals surface area (Å²) in [7, 11) is -3.30. The lowest BCUT2D eigenvalue weighted by molar-refractivity contribution is 0.448. The Hall–Kier alpha value is -0.510. The van der Waals surface area contributed by atoms with Gasteiger partial charge in [-0.05, 0) is 18.9 Å². The van der Waals surface area contributed by atoms with Crippen LogP contribution in [0.1, 0.15) is 32.6 Å². The van der Waals surface area contributed by atoms with E-state index in [1.165, 1.54) is 19.1 Å². The van der Waals surface area contributed by atoms with Gasteiger partial charge >= 0.3 is 10.1 Å². The first-order chi connectivity index (χ1) is 5.56. The van der Waals surface area contributed by atoms with Crippen LogP contribution >= 0.6 is 0 Å². The van der Waals surface area contributed by atoms with Crippen LogP contribution in [0.25, 0.3) is 0 Å². The van der Waals surface area contributed by atoms with Crippen molar-refractivity contribution in [2.24, 2.45) is 0 Å². The molecule has 12 heavy (non-hydrogen) atoms. The minimum atomic E-state index is -3.30. The van der Waals surface area contributed by atoms with Crippen molar-refractivity contribution in [3.8, 4) is 0 Å². The molecular weight excluding hydrogens is 176 g/mol. The summed E-state index contributed by atoms with van der Waals surface area (Å²) in [6, 6.07) is 0. The minimum absolute atomic E-state index is 0.878. The van der Waals surface area contributed by atoms with Crippen molar-refractivity contribution in [3.05, 3.63) is 12.3 Å². The first-order valence-electron chi connectivity index (χ1n) is 4.09. The normalized spacial score (nSPS) is 12.2. The molecule has 0 bridgehead atoms. The summed E-state index contributed by atoms with van der Waals surface area (Å²) in [5.41, 5.74) is 0. The molecule has 0 spiro atoms. The first-order valence-corrected chi connectivity index (χ1v) is 5.91. The maximum absolute atomic E-state index is 10.4. The lowest BCUT2D eigenvalue weighted by Crippen LogP contribution is -1.95. The number of hydrogen-bond donors (Lipinski definition) is 0. The van der Waals surface area contributed by atoms with Gasteiger partial charge < -0.3 is 4.18 Å². The zero-order valence-electron chi connectivity index (χ0n) is 7.62. The van der Waals surface area contributed by atoms with Crippen molar-refractivity contribution in [2.45, 2.75) is 32.6 Å². The molecule has 0 heterocycles. The Balaban J connectivity index is 3.39. The third-order valence-corrected chi connectivity index (χ3v) is 1.76. The van der Waals surface area contributed by atoms with Gasteiger partial charge in [-0.3, -0.25) is 0 Å². The topological polar surface area (TPSA) is 43.4 Å². The van der Waals surface area contributed by atoms with E-state index in [9.17, 15) is 8.42 Å². The second-order valence-electron chi connectivity index (χ2n) is 2.67. The van der Waals surface area contributed by atoms with Gasteiger partial charge in [-0.15, -0.1) is 0 Å². The lowest BCUT2D eigenvalue weighted by Gasteiger charge is -1.94. The second-order valence-corrected chi connectivity index (χ2v) is 4.27. The van der Waals surface area contributed by atoms with Crippen LogP contribution in [-0.2, 0) is 14.3 Å². The zero-order chi connectivity index (χ0) is 9.45.